The Morgan fingerprint density at radius 1 is 1.12 bits per heavy atom. The van der Waals surface area contributed by atoms with Crippen LogP contribution in [0.1, 0.15) is 38.7 Å². The van der Waals surface area contributed by atoms with Crippen LogP contribution in [0.5, 0.6) is 0 Å². The summed E-state index contributed by atoms with van der Waals surface area (Å²) in [6, 6.07) is 10.3. The van der Waals surface area contributed by atoms with E-state index in [2.05, 4.69) is 26.0 Å². The summed E-state index contributed by atoms with van der Waals surface area (Å²) in [6.45, 7) is 5.15. The van der Waals surface area contributed by atoms with Crippen molar-refractivity contribution in [2.45, 2.75) is 38.6 Å². The number of rotatable bonds is 2. The molecule has 1 aliphatic heterocycles. The Kier molecular flexibility index (Phi) is 2.99. The van der Waals surface area contributed by atoms with Gasteiger partial charge in [-0.15, -0.1) is 0 Å². The molecule has 1 aliphatic rings. The fourth-order valence-electron chi connectivity index (χ4n) is 2.40. The molecule has 1 aromatic carbocycles. The van der Waals surface area contributed by atoms with Crippen molar-refractivity contribution >= 4 is 5.91 Å². The molecule has 2 nitrogen and oxygen atoms in total. The van der Waals surface area contributed by atoms with E-state index in [0.29, 0.717) is 12.3 Å². The molecule has 1 saturated heterocycles. The minimum absolute atomic E-state index is 0.182. The summed E-state index contributed by atoms with van der Waals surface area (Å²) in [4.78, 5) is 14.0. The van der Waals surface area contributed by atoms with Crippen molar-refractivity contribution in [3.05, 3.63) is 35.9 Å². The van der Waals surface area contributed by atoms with Crippen molar-refractivity contribution in [2.24, 2.45) is 0 Å². The molecule has 16 heavy (non-hydrogen) atoms. The lowest BCUT2D eigenvalue weighted by molar-refractivity contribution is -0.139. The van der Waals surface area contributed by atoms with Gasteiger partial charge in [-0.05, 0) is 32.3 Å². The van der Waals surface area contributed by atoms with Gasteiger partial charge in [-0.25, -0.2) is 0 Å². The number of carbonyl (C=O) groups excluding carboxylic acids is 1. The van der Waals surface area contributed by atoms with Crippen molar-refractivity contribution in [3.8, 4) is 0 Å². The number of likely N-dealkylation sites (tertiary alicyclic amines) is 1. The molecule has 0 N–H and O–H groups in total. The van der Waals surface area contributed by atoms with E-state index < -0.39 is 0 Å². The van der Waals surface area contributed by atoms with Crippen LogP contribution >= 0.6 is 0 Å². The monoisotopic (exact) mass is 217 g/mol. The van der Waals surface area contributed by atoms with Crippen molar-refractivity contribution in [1.29, 1.82) is 0 Å². The molecule has 0 atom stereocenters. The summed E-state index contributed by atoms with van der Waals surface area (Å²) in [7, 11) is 0. The van der Waals surface area contributed by atoms with E-state index in [4.69, 9.17) is 0 Å². The van der Waals surface area contributed by atoms with Gasteiger partial charge in [-0.3, -0.25) is 4.79 Å². The van der Waals surface area contributed by atoms with Crippen LogP contribution in [0.2, 0.25) is 0 Å². The van der Waals surface area contributed by atoms with E-state index in [1.807, 2.05) is 23.1 Å². The normalized spacial score (nSPS) is 17.6. The van der Waals surface area contributed by atoms with Crippen LogP contribution in [0.3, 0.4) is 0 Å². The van der Waals surface area contributed by atoms with Gasteiger partial charge in [0, 0.05) is 13.0 Å². The standard InChI is InChI=1S/C14H19NO/c1-14(2,12-8-4-3-5-9-12)15-11-7-6-10-13(15)16/h3-5,8-9H,6-7,10-11H2,1-2H3. The third-order valence-electron chi connectivity index (χ3n) is 3.48. The van der Waals surface area contributed by atoms with Gasteiger partial charge in [0.2, 0.25) is 5.91 Å². The van der Waals surface area contributed by atoms with E-state index in [0.717, 1.165) is 19.4 Å². The Labute approximate surface area is 97.3 Å². The SMILES string of the molecule is CC(C)(c1ccccc1)N1CCCCC1=O. The van der Waals surface area contributed by atoms with E-state index in [1.165, 1.54) is 5.56 Å². The van der Waals surface area contributed by atoms with E-state index in [-0.39, 0.29) is 5.54 Å². The zero-order chi connectivity index (χ0) is 11.6. The zero-order valence-electron chi connectivity index (χ0n) is 10.1. The first-order valence-electron chi connectivity index (χ1n) is 5.98. The summed E-state index contributed by atoms with van der Waals surface area (Å²) in [6.07, 6.45) is 2.87. The maximum Gasteiger partial charge on any atom is 0.223 e. The van der Waals surface area contributed by atoms with Gasteiger partial charge in [-0.2, -0.15) is 0 Å². The van der Waals surface area contributed by atoms with Gasteiger partial charge in [0.1, 0.15) is 0 Å². The molecule has 1 fully saturated rings. The minimum Gasteiger partial charge on any atom is -0.334 e. The van der Waals surface area contributed by atoms with E-state index in [9.17, 15) is 4.79 Å². The molecule has 1 amide bonds. The van der Waals surface area contributed by atoms with Gasteiger partial charge in [0.05, 0.1) is 5.54 Å². The van der Waals surface area contributed by atoms with Gasteiger partial charge in [-0.1, -0.05) is 30.3 Å². The Morgan fingerprint density at radius 3 is 2.44 bits per heavy atom. The molecule has 1 heterocycles. The Hall–Kier alpha value is -1.31. The van der Waals surface area contributed by atoms with Gasteiger partial charge < -0.3 is 4.90 Å². The molecule has 0 unspecified atom stereocenters. The maximum atomic E-state index is 11.9. The first-order valence-corrected chi connectivity index (χ1v) is 5.98. The largest absolute Gasteiger partial charge is 0.334 e. The molecule has 2 rings (SSSR count). The quantitative estimate of drug-likeness (QED) is 0.746. The molecular formula is C14H19NO. The topological polar surface area (TPSA) is 20.3 Å². The summed E-state index contributed by atoms with van der Waals surface area (Å²) in [5, 5.41) is 0. The van der Waals surface area contributed by atoms with Crippen molar-refractivity contribution < 1.29 is 4.79 Å². The number of carbonyl (C=O) groups is 1. The highest BCUT2D eigenvalue weighted by atomic mass is 16.2. The third-order valence-corrected chi connectivity index (χ3v) is 3.48. The smallest absolute Gasteiger partial charge is 0.223 e. The fraction of sp³-hybridized carbons (Fsp3) is 0.500. The molecule has 2 heteroatoms. The average Bonchev–Trinajstić information content (AvgIpc) is 2.30. The number of hydrogen-bond acceptors (Lipinski definition) is 1. The first-order chi connectivity index (χ1) is 7.62. The maximum absolute atomic E-state index is 11.9. The minimum atomic E-state index is -0.182. The second-order valence-electron chi connectivity index (χ2n) is 4.93. The van der Waals surface area contributed by atoms with Gasteiger partial charge in [0.25, 0.3) is 0 Å². The number of hydrogen-bond donors (Lipinski definition) is 0. The molecule has 0 saturated carbocycles. The fourth-order valence-corrected chi connectivity index (χ4v) is 2.40. The van der Waals surface area contributed by atoms with Crippen molar-refractivity contribution in [3.63, 3.8) is 0 Å². The Balaban J connectivity index is 2.27. The van der Waals surface area contributed by atoms with Crippen molar-refractivity contribution in [1.82, 2.24) is 4.90 Å². The highest BCUT2D eigenvalue weighted by molar-refractivity contribution is 5.77. The van der Waals surface area contributed by atoms with E-state index >= 15 is 0 Å². The highest BCUT2D eigenvalue weighted by Gasteiger charge is 2.33. The highest BCUT2D eigenvalue weighted by Crippen LogP contribution is 2.30. The lowest BCUT2D eigenvalue weighted by Gasteiger charge is -2.41. The number of piperidine rings is 1. The summed E-state index contributed by atoms with van der Waals surface area (Å²) in [5.41, 5.74) is 1.03. The molecule has 0 aliphatic carbocycles. The van der Waals surface area contributed by atoms with Crippen LogP contribution in [-0.2, 0) is 10.3 Å². The van der Waals surface area contributed by atoms with Crippen molar-refractivity contribution in [2.75, 3.05) is 6.54 Å². The molecule has 0 radical (unpaired) electrons. The van der Waals surface area contributed by atoms with Gasteiger partial charge in [0.15, 0.2) is 0 Å². The second-order valence-corrected chi connectivity index (χ2v) is 4.93. The summed E-state index contributed by atoms with van der Waals surface area (Å²) in [5.74, 6) is 0.292. The zero-order valence-corrected chi connectivity index (χ0v) is 10.1. The molecule has 0 aromatic heterocycles. The molecule has 0 bridgehead atoms. The molecule has 86 valence electrons. The predicted octanol–water partition coefficient (Wildman–Crippen LogP) is 2.93. The van der Waals surface area contributed by atoms with Crippen LogP contribution in [0.25, 0.3) is 0 Å². The molecule has 0 spiro atoms. The van der Waals surface area contributed by atoms with Crippen LogP contribution in [0.4, 0.5) is 0 Å². The second kappa shape index (κ2) is 4.28. The molecule has 1 aromatic rings. The number of amides is 1. The summed E-state index contributed by atoms with van der Waals surface area (Å²) < 4.78 is 0. The van der Waals surface area contributed by atoms with Crippen LogP contribution < -0.4 is 0 Å². The lowest BCUT2D eigenvalue weighted by Crippen LogP contribution is -2.47. The van der Waals surface area contributed by atoms with Gasteiger partial charge >= 0.3 is 0 Å². The van der Waals surface area contributed by atoms with Crippen LogP contribution in [-0.4, -0.2) is 17.4 Å². The van der Waals surface area contributed by atoms with E-state index in [1.54, 1.807) is 0 Å². The average molecular weight is 217 g/mol. The molecular weight excluding hydrogens is 198 g/mol. The lowest BCUT2D eigenvalue weighted by atomic mass is 9.90. The Bertz CT molecular complexity index is 370. The number of benzene rings is 1. The van der Waals surface area contributed by atoms with Crippen LogP contribution in [0, 0.1) is 0 Å². The predicted molar refractivity (Wildman–Crippen MR) is 65.0 cm³/mol. The Morgan fingerprint density at radius 2 is 1.81 bits per heavy atom. The first kappa shape index (κ1) is 11.2. The third kappa shape index (κ3) is 1.97. The summed E-state index contributed by atoms with van der Waals surface area (Å²) >= 11 is 0. The number of nitrogens with zero attached hydrogens (tertiary/aromatic N) is 1. The van der Waals surface area contributed by atoms with Crippen LogP contribution in [0.15, 0.2) is 30.3 Å².